The van der Waals surface area contributed by atoms with E-state index in [0.717, 1.165) is 16.8 Å². The highest BCUT2D eigenvalue weighted by atomic mass is 35.5. The van der Waals surface area contributed by atoms with Crippen LogP contribution in [0.4, 0.5) is 11.4 Å². The van der Waals surface area contributed by atoms with Gasteiger partial charge in [-0.3, -0.25) is 9.59 Å². The molecule has 0 atom stereocenters. The fourth-order valence-corrected chi connectivity index (χ4v) is 4.48. The quantitative estimate of drug-likeness (QED) is 0.438. The lowest BCUT2D eigenvalue weighted by Gasteiger charge is -2.36. The number of carbonyl (C=O) groups excluding carboxylic acids is 2. The fourth-order valence-electron chi connectivity index (χ4n) is 4.37. The monoisotopic (exact) mass is 537 g/mol. The predicted molar refractivity (Wildman–Crippen MR) is 149 cm³/mol. The first-order chi connectivity index (χ1) is 18.3. The van der Waals surface area contributed by atoms with Crippen molar-refractivity contribution in [3.8, 4) is 17.2 Å². The Hall–Kier alpha value is -3.91. The van der Waals surface area contributed by atoms with Crippen LogP contribution in [0.2, 0.25) is 5.02 Å². The lowest BCUT2D eigenvalue weighted by atomic mass is 10.1. The number of carbonyl (C=O) groups is 2. The molecule has 0 radical (unpaired) electrons. The summed E-state index contributed by atoms with van der Waals surface area (Å²) in [5, 5.41) is 3.56. The van der Waals surface area contributed by atoms with Crippen molar-refractivity contribution < 1.29 is 23.8 Å². The fraction of sp³-hybridized carbons (Fsp3) is 0.310. The van der Waals surface area contributed by atoms with E-state index < -0.39 is 0 Å². The molecule has 1 heterocycles. The topological polar surface area (TPSA) is 80.3 Å². The van der Waals surface area contributed by atoms with E-state index in [1.807, 2.05) is 55.1 Å². The van der Waals surface area contributed by atoms with Gasteiger partial charge >= 0.3 is 0 Å². The third-order valence-electron chi connectivity index (χ3n) is 6.46. The van der Waals surface area contributed by atoms with Crippen molar-refractivity contribution in [3.63, 3.8) is 0 Å². The Kier molecular flexibility index (Phi) is 8.63. The number of methoxy groups -OCH3 is 2. The van der Waals surface area contributed by atoms with Gasteiger partial charge in [-0.1, -0.05) is 11.6 Å². The highest BCUT2D eigenvalue weighted by Gasteiger charge is 2.23. The minimum atomic E-state index is -0.246. The summed E-state index contributed by atoms with van der Waals surface area (Å²) >= 11 is 6.19. The van der Waals surface area contributed by atoms with Crippen molar-refractivity contribution in [2.24, 2.45) is 0 Å². The van der Waals surface area contributed by atoms with Gasteiger partial charge in [0.15, 0.2) is 6.61 Å². The summed E-state index contributed by atoms with van der Waals surface area (Å²) in [6.45, 7) is 6.30. The third kappa shape index (κ3) is 6.50. The van der Waals surface area contributed by atoms with Crippen LogP contribution in [0, 0.1) is 13.8 Å². The maximum atomic E-state index is 13.1. The molecule has 2 amide bonds. The molecule has 4 rings (SSSR count). The number of aryl methyl sites for hydroxylation is 2. The Bertz CT molecular complexity index is 1260. The first kappa shape index (κ1) is 27.1. The first-order valence-corrected chi connectivity index (χ1v) is 12.7. The molecule has 1 N–H and O–H groups in total. The molecule has 1 saturated heterocycles. The number of amides is 2. The molecule has 9 heteroatoms. The molecule has 1 aliphatic rings. The van der Waals surface area contributed by atoms with Crippen LogP contribution in [0.5, 0.6) is 17.2 Å². The van der Waals surface area contributed by atoms with Crippen LogP contribution in [-0.2, 0) is 4.79 Å². The van der Waals surface area contributed by atoms with Gasteiger partial charge in [-0.25, -0.2) is 0 Å². The summed E-state index contributed by atoms with van der Waals surface area (Å²) in [6, 6.07) is 16.5. The van der Waals surface area contributed by atoms with Gasteiger partial charge in [0.25, 0.3) is 11.8 Å². The van der Waals surface area contributed by atoms with Crippen LogP contribution in [0.25, 0.3) is 0 Å². The van der Waals surface area contributed by atoms with E-state index >= 15 is 0 Å². The smallest absolute Gasteiger partial charge is 0.262 e. The van der Waals surface area contributed by atoms with Crippen LogP contribution in [0.3, 0.4) is 0 Å². The Morgan fingerprint density at radius 1 is 0.842 bits per heavy atom. The van der Waals surface area contributed by atoms with E-state index in [1.165, 1.54) is 0 Å². The maximum absolute atomic E-state index is 13.1. The van der Waals surface area contributed by atoms with Crippen molar-refractivity contribution in [1.29, 1.82) is 0 Å². The molecule has 1 fully saturated rings. The number of piperazine rings is 1. The summed E-state index contributed by atoms with van der Waals surface area (Å²) in [4.78, 5) is 29.5. The number of halogens is 1. The van der Waals surface area contributed by atoms with E-state index in [-0.39, 0.29) is 18.4 Å². The van der Waals surface area contributed by atoms with E-state index in [0.29, 0.717) is 59.7 Å². The van der Waals surface area contributed by atoms with Gasteiger partial charge in [0.1, 0.15) is 17.2 Å². The zero-order valence-corrected chi connectivity index (χ0v) is 22.8. The number of hydrogen-bond donors (Lipinski definition) is 1. The summed E-state index contributed by atoms with van der Waals surface area (Å²) in [5.41, 5.74) is 4.07. The van der Waals surface area contributed by atoms with Crippen LogP contribution in [0.15, 0.2) is 54.6 Å². The number of anilines is 2. The molecule has 1 aliphatic heterocycles. The molecule has 3 aromatic carbocycles. The van der Waals surface area contributed by atoms with Crippen molar-refractivity contribution >= 4 is 34.8 Å². The minimum absolute atomic E-state index is 0.0500. The molecule has 0 aliphatic carbocycles. The number of hydrogen-bond acceptors (Lipinski definition) is 6. The van der Waals surface area contributed by atoms with Gasteiger partial charge in [-0.05, 0) is 73.5 Å². The summed E-state index contributed by atoms with van der Waals surface area (Å²) < 4.78 is 16.2. The van der Waals surface area contributed by atoms with Crippen molar-refractivity contribution in [2.45, 2.75) is 13.8 Å². The largest absolute Gasteiger partial charge is 0.497 e. The maximum Gasteiger partial charge on any atom is 0.262 e. The van der Waals surface area contributed by atoms with E-state index in [2.05, 4.69) is 10.2 Å². The summed E-state index contributed by atoms with van der Waals surface area (Å²) in [7, 11) is 3.13. The van der Waals surface area contributed by atoms with E-state index in [1.54, 1.807) is 32.4 Å². The van der Waals surface area contributed by atoms with Crippen molar-refractivity contribution in [3.05, 3.63) is 76.3 Å². The van der Waals surface area contributed by atoms with Crippen LogP contribution < -0.4 is 24.4 Å². The van der Waals surface area contributed by atoms with Gasteiger partial charge in [0.2, 0.25) is 0 Å². The Labute approximate surface area is 228 Å². The molecule has 0 saturated carbocycles. The Morgan fingerprint density at radius 3 is 1.97 bits per heavy atom. The lowest BCUT2D eigenvalue weighted by molar-refractivity contribution is -0.118. The second kappa shape index (κ2) is 12.1. The molecular formula is C29H32ClN3O5. The normalized spacial score (nSPS) is 13.2. The molecule has 8 nitrogen and oxygen atoms in total. The SMILES string of the molecule is COc1cc(OC)cc(C(=O)N2CCN(c3ccc(NC(=O)COc4cc(C)c(Cl)c(C)c4)cc3)CC2)c1. The van der Waals surface area contributed by atoms with Gasteiger partial charge in [-0.15, -0.1) is 0 Å². The van der Waals surface area contributed by atoms with Gasteiger partial charge in [0, 0.05) is 54.2 Å². The van der Waals surface area contributed by atoms with E-state index in [9.17, 15) is 9.59 Å². The molecule has 0 bridgehead atoms. The number of ether oxygens (including phenoxy) is 3. The molecular weight excluding hydrogens is 506 g/mol. The van der Waals surface area contributed by atoms with Crippen LogP contribution >= 0.6 is 11.6 Å². The molecule has 38 heavy (non-hydrogen) atoms. The Balaban J connectivity index is 1.28. The average Bonchev–Trinajstić information content (AvgIpc) is 2.94. The molecule has 0 aromatic heterocycles. The molecule has 0 unspecified atom stereocenters. The average molecular weight is 538 g/mol. The van der Waals surface area contributed by atoms with Gasteiger partial charge < -0.3 is 29.3 Å². The van der Waals surface area contributed by atoms with Crippen molar-refractivity contribution in [1.82, 2.24) is 4.90 Å². The van der Waals surface area contributed by atoms with Gasteiger partial charge in [0.05, 0.1) is 14.2 Å². The molecule has 3 aromatic rings. The first-order valence-electron chi connectivity index (χ1n) is 12.3. The summed E-state index contributed by atoms with van der Waals surface area (Å²) in [6.07, 6.45) is 0. The lowest BCUT2D eigenvalue weighted by Crippen LogP contribution is -2.48. The number of rotatable bonds is 8. The highest BCUT2D eigenvalue weighted by molar-refractivity contribution is 6.32. The van der Waals surface area contributed by atoms with Crippen molar-refractivity contribution in [2.75, 3.05) is 57.2 Å². The zero-order valence-electron chi connectivity index (χ0n) is 22.0. The standard InChI is InChI=1S/C29H32ClN3O5/c1-19-13-26(14-20(2)28(19)30)38-18-27(34)31-22-5-7-23(8-6-22)32-9-11-33(12-10-32)29(35)21-15-24(36-3)17-25(16-21)37-4/h5-8,13-17H,9-12,18H2,1-4H3,(H,31,34). The molecule has 200 valence electrons. The second-order valence-electron chi connectivity index (χ2n) is 9.14. The summed E-state index contributed by atoms with van der Waals surface area (Å²) in [5.74, 6) is 1.48. The van der Waals surface area contributed by atoms with Crippen LogP contribution in [0.1, 0.15) is 21.5 Å². The number of nitrogens with one attached hydrogen (secondary N) is 1. The second-order valence-corrected chi connectivity index (χ2v) is 9.51. The number of nitrogens with zero attached hydrogens (tertiary/aromatic N) is 2. The van der Waals surface area contributed by atoms with E-state index in [4.69, 9.17) is 25.8 Å². The number of benzene rings is 3. The predicted octanol–water partition coefficient (Wildman–Crippen LogP) is 4.95. The highest BCUT2D eigenvalue weighted by Crippen LogP contribution is 2.27. The Morgan fingerprint density at radius 2 is 1.42 bits per heavy atom. The third-order valence-corrected chi connectivity index (χ3v) is 7.06. The zero-order chi connectivity index (χ0) is 27.2. The minimum Gasteiger partial charge on any atom is -0.497 e. The van der Waals surface area contributed by atoms with Crippen LogP contribution in [-0.4, -0.2) is 63.7 Å². The molecule has 0 spiro atoms. The van der Waals surface area contributed by atoms with Gasteiger partial charge in [-0.2, -0.15) is 0 Å².